The van der Waals surface area contributed by atoms with Gasteiger partial charge in [-0.3, -0.25) is 9.59 Å². The van der Waals surface area contributed by atoms with E-state index in [0.29, 0.717) is 24.1 Å². The van der Waals surface area contributed by atoms with E-state index in [-0.39, 0.29) is 37.4 Å². The van der Waals surface area contributed by atoms with Crippen LogP contribution in [-0.4, -0.2) is 35.3 Å². The highest BCUT2D eigenvalue weighted by molar-refractivity contribution is 5.95. The molecular formula is C24H21F6N3O2. The molecule has 5 nitrogen and oxygen atoms in total. The summed E-state index contributed by atoms with van der Waals surface area (Å²) in [6, 6.07) is 8.35. The van der Waals surface area contributed by atoms with Crippen LogP contribution in [0.25, 0.3) is 0 Å². The van der Waals surface area contributed by atoms with Crippen molar-refractivity contribution in [3.05, 3.63) is 70.3 Å². The number of piperidine rings is 1. The number of nitrogens with one attached hydrogen (secondary N) is 1. The molecule has 1 saturated heterocycles. The first-order valence-corrected chi connectivity index (χ1v) is 10.6. The first kappa shape index (κ1) is 26.1. The lowest BCUT2D eigenvalue weighted by Crippen LogP contribution is -2.52. The smallest absolute Gasteiger partial charge is 0.353 e. The molecule has 2 aromatic rings. The summed E-state index contributed by atoms with van der Waals surface area (Å²) < 4.78 is 79.7. The fourth-order valence-corrected chi connectivity index (χ4v) is 4.16. The number of alkyl halides is 6. The third kappa shape index (κ3) is 6.53. The summed E-state index contributed by atoms with van der Waals surface area (Å²) in [6.45, 7) is 1.36. The van der Waals surface area contributed by atoms with Gasteiger partial charge in [0.05, 0.1) is 22.8 Å². The second-order valence-electron chi connectivity index (χ2n) is 8.38. The van der Waals surface area contributed by atoms with E-state index in [9.17, 15) is 35.9 Å². The number of halogens is 6. The molecule has 0 spiro atoms. The topological polar surface area (TPSA) is 73.2 Å². The Hall–Kier alpha value is -3.55. The second-order valence-corrected chi connectivity index (χ2v) is 8.38. The van der Waals surface area contributed by atoms with Crippen LogP contribution in [0.5, 0.6) is 0 Å². The SMILES string of the molecule is CC(=O)N[C@H]1CCN(C(=O)c2cc(C(F)(F)F)cc(C(F)(F)F)c2)[C@H](Cc2ccc(C#N)cc2)C1. The Labute approximate surface area is 197 Å². The lowest BCUT2D eigenvalue weighted by Gasteiger charge is -2.40. The molecule has 0 radical (unpaired) electrons. The predicted octanol–water partition coefficient (Wildman–Crippen LogP) is 4.95. The molecule has 3 rings (SSSR count). The molecule has 0 saturated carbocycles. The molecule has 1 fully saturated rings. The van der Waals surface area contributed by atoms with E-state index in [4.69, 9.17) is 5.26 Å². The van der Waals surface area contributed by atoms with Gasteiger partial charge < -0.3 is 10.2 Å². The molecule has 2 amide bonds. The Kier molecular flexibility index (Phi) is 7.43. The zero-order chi connectivity index (χ0) is 26.0. The summed E-state index contributed by atoms with van der Waals surface area (Å²) in [5.74, 6) is -1.25. The van der Waals surface area contributed by atoms with Crippen LogP contribution in [0.2, 0.25) is 0 Å². The molecule has 0 unspecified atom stereocenters. The van der Waals surface area contributed by atoms with Gasteiger partial charge in [-0.25, -0.2) is 0 Å². The number of hydrogen-bond donors (Lipinski definition) is 1. The lowest BCUT2D eigenvalue weighted by atomic mass is 9.91. The van der Waals surface area contributed by atoms with Crippen molar-refractivity contribution in [3.63, 3.8) is 0 Å². The van der Waals surface area contributed by atoms with Crippen molar-refractivity contribution in [1.29, 1.82) is 5.26 Å². The van der Waals surface area contributed by atoms with Crippen LogP contribution in [-0.2, 0) is 23.6 Å². The average Bonchev–Trinajstić information content (AvgIpc) is 2.77. The van der Waals surface area contributed by atoms with Gasteiger partial charge in [0.1, 0.15) is 0 Å². The molecule has 0 aromatic heterocycles. The maximum Gasteiger partial charge on any atom is 0.416 e. The fraction of sp³-hybridized carbons (Fsp3) is 0.375. The van der Waals surface area contributed by atoms with Crippen LogP contribution >= 0.6 is 0 Å². The Balaban J connectivity index is 1.97. The molecule has 0 bridgehead atoms. The van der Waals surface area contributed by atoms with Crippen LogP contribution in [0.4, 0.5) is 26.3 Å². The molecular weight excluding hydrogens is 476 g/mol. The number of hydrogen-bond acceptors (Lipinski definition) is 3. The van der Waals surface area contributed by atoms with Gasteiger partial charge in [-0.05, 0) is 55.2 Å². The Bertz CT molecular complexity index is 1100. The normalized spacial score (nSPS) is 18.6. The van der Waals surface area contributed by atoms with Gasteiger partial charge in [0.2, 0.25) is 5.91 Å². The number of nitriles is 1. The Morgan fingerprint density at radius 2 is 1.60 bits per heavy atom. The molecule has 1 N–H and O–H groups in total. The highest BCUT2D eigenvalue weighted by atomic mass is 19.4. The maximum atomic E-state index is 13.3. The van der Waals surface area contributed by atoms with E-state index in [1.807, 2.05) is 6.07 Å². The fourth-order valence-electron chi connectivity index (χ4n) is 4.16. The van der Waals surface area contributed by atoms with Crippen molar-refractivity contribution >= 4 is 11.8 Å². The number of amides is 2. The quantitative estimate of drug-likeness (QED) is 0.608. The van der Waals surface area contributed by atoms with Crippen LogP contribution in [0, 0.1) is 11.3 Å². The van der Waals surface area contributed by atoms with E-state index in [1.54, 1.807) is 24.3 Å². The molecule has 186 valence electrons. The molecule has 1 aliphatic rings. The predicted molar refractivity (Wildman–Crippen MR) is 113 cm³/mol. The third-order valence-electron chi connectivity index (χ3n) is 5.77. The summed E-state index contributed by atoms with van der Waals surface area (Å²) in [7, 11) is 0. The monoisotopic (exact) mass is 497 g/mol. The van der Waals surface area contributed by atoms with Crippen LogP contribution < -0.4 is 5.32 Å². The summed E-state index contributed by atoms with van der Waals surface area (Å²) in [5.41, 5.74) is -2.71. The minimum Gasteiger partial charge on any atom is -0.353 e. The number of carbonyl (C=O) groups excluding carboxylic acids is 2. The molecule has 1 heterocycles. The second kappa shape index (κ2) is 9.98. The Morgan fingerprint density at radius 1 is 1.03 bits per heavy atom. The molecule has 2 aromatic carbocycles. The van der Waals surface area contributed by atoms with Crippen molar-refractivity contribution in [2.75, 3.05) is 6.54 Å². The largest absolute Gasteiger partial charge is 0.416 e. The summed E-state index contributed by atoms with van der Waals surface area (Å²) in [5, 5.41) is 11.7. The molecule has 35 heavy (non-hydrogen) atoms. The van der Waals surface area contributed by atoms with Gasteiger partial charge in [-0.2, -0.15) is 31.6 Å². The van der Waals surface area contributed by atoms with Crippen molar-refractivity contribution in [3.8, 4) is 6.07 Å². The van der Waals surface area contributed by atoms with E-state index in [1.165, 1.54) is 11.8 Å². The molecule has 0 aliphatic carbocycles. The first-order valence-electron chi connectivity index (χ1n) is 10.6. The summed E-state index contributed by atoms with van der Waals surface area (Å²) in [4.78, 5) is 26.0. The zero-order valence-electron chi connectivity index (χ0n) is 18.5. The summed E-state index contributed by atoms with van der Waals surface area (Å²) >= 11 is 0. The van der Waals surface area contributed by atoms with Crippen molar-refractivity contribution in [1.82, 2.24) is 10.2 Å². The highest BCUT2D eigenvalue weighted by Crippen LogP contribution is 2.37. The van der Waals surface area contributed by atoms with Gasteiger partial charge >= 0.3 is 12.4 Å². The highest BCUT2D eigenvalue weighted by Gasteiger charge is 2.39. The van der Waals surface area contributed by atoms with Gasteiger partial charge in [-0.1, -0.05) is 12.1 Å². The molecule has 1 aliphatic heterocycles. The number of benzene rings is 2. The third-order valence-corrected chi connectivity index (χ3v) is 5.77. The summed E-state index contributed by atoms with van der Waals surface area (Å²) in [6.07, 6.45) is -9.36. The van der Waals surface area contributed by atoms with Gasteiger partial charge in [0, 0.05) is 31.1 Å². The standard InChI is InChI=1S/C24H21F6N3O2/c1-14(34)32-20-6-7-33(21(12-20)8-15-2-4-16(13-31)5-3-15)22(35)17-9-18(23(25,26)27)11-19(10-17)24(28,29)30/h2-5,9-11,20-21H,6-8,12H2,1H3,(H,32,34)/t20-,21+/m0/s1. The van der Waals surface area contributed by atoms with E-state index < -0.39 is 41.0 Å². The Morgan fingerprint density at radius 3 is 2.09 bits per heavy atom. The zero-order valence-corrected chi connectivity index (χ0v) is 18.5. The maximum absolute atomic E-state index is 13.3. The van der Waals surface area contributed by atoms with Crippen LogP contribution in [0.1, 0.15) is 52.4 Å². The van der Waals surface area contributed by atoms with Gasteiger partial charge in [-0.15, -0.1) is 0 Å². The number of nitrogens with zero attached hydrogens (tertiary/aromatic N) is 2. The van der Waals surface area contributed by atoms with Crippen LogP contribution in [0.3, 0.4) is 0 Å². The number of carbonyl (C=O) groups is 2. The first-order chi connectivity index (χ1) is 16.3. The molecule has 2 atom stereocenters. The van der Waals surface area contributed by atoms with E-state index in [0.717, 1.165) is 5.56 Å². The van der Waals surface area contributed by atoms with Crippen LogP contribution in [0.15, 0.2) is 42.5 Å². The van der Waals surface area contributed by atoms with Gasteiger partial charge in [0.15, 0.2) is 0 Å². The van der Waals surface area contributed by atoms with Gasteiger partial charge in [0.25, 0.3) is 5.91 Å². The molecule has 11 heteroatoms. The number of rotatable bonds is 4. The number of likely N-dealkylation sites (tertiary alicyclic amines) is 1. The van der Waals surface area contributed by atoms with E-state index >= 15 is 0 Å². The van der Waals surface area contributed by atoms with Crippen molar-refractivity contribution in [2.45, 2.75) is 50.6 Å². The average molecular weight is 497 g/mol. The van der Waals surface area contributed by atoms with Crippen molar-refractivity contribution in [2.24, 2.45) is 0 Å². The van der Waals surface area contributed by atoms with E-state index in [2.05, 4.69) is 5.32 Å². The lowest BCUT2D eigenvalue weighted by molar-refractivity contribution is -0.143. The minimum atomic E-state index is -5.07. The minimum absolute atomic E-state index is 0.0198. The van der Waals surface area contributed by atoms with Crippen molar-refractivity contribution < 1.29 is 35.9 Å².